The highest BCUT2D eigenvalue weighted by molar-refractivity contribution is 5.98. The molecule has 6 rings (SSSR count). The molecular formula is C35H40F4N8O3. The number of fused-ring (bicyclic) bond motifs is 2. The van der Waals surface area contributed by atoms with E-state index in [1.807, 2.05) is 22.8 Å². The Hall–Kier alpha value is -4.76. The zero-order valence-corrected chi connectivity index (χ0v) is 28.2. The van der Waals surface area contributed by atoms with Crippen LogP contribution >= 0.6 is 0 Å². The lowest BCUT2D eigenvalue weighted by molar-refractivity contribution is -0.138. The fourth-order valence-electron chi connectivity index (χ4n) is 6.51. The molecular weight excluding hydrogens is 656 g/mol. The van der Waals surface area contributed by atoms with E-state index in [0.717, 1.165) is 17.3 Å². The van der Waals surface area contributed by atoms with E-state index < -0.39 is 24.4 Å². The zero-order valence-electron chi connectivity index (χ0n) is 28.2. The maximum atomic E-state index is 14.2. The lowest BCUT2D eigenvalue weighted by Gasteiger charge is -2.34. The van der Waals surface area contributed by atoms with Gasteiger partial charge >= 0.3 is 12.2 Å². The number of nitrogens with zero attached hydrogens (tertiary/aromatic N) is 6. The summed E-state index contributed by atoms with van der Waals surface area (Å²) in [4.78, 5) is 44.9. The Morgan fingerprint density at radius 1 is 1.06 bits per heavy atom. The van der Waals surface area contributed by atoms with Crippen LogP contribution in [0.25, 0.3) is 11.0 Å². The van der Waals surface area contributed by atoms with Gasteiger partial charge in [-0.05, 0) is 47.9 Å². The van der Waals surface area contributed by atoms with E-state index in [-0.39, 0.29) is 36.2 Å². The van der Waals surface area contributed by atoms with Crippen LogP contribution in [0.4, 0.5) is 28.0 Å². The maximum Gasteiger partial charge on any atom is 0.416 e. The Labute approximate surface area is 287 Å². The molecule has 0 spiro atoms. The fourth-order valence-corrected chi connectivity index (χ4v) is 6.51. The Morgan fingerprint density at radius 3 is 2.52 bits per heavy atom. The van der Waals surface area contributed by atoms with E-state index in [2.05, 4.69) is 20.3 Å². The van der Waals surface area contributed by atoms with Crippen molar-refractivity contribution in [1.82, 2.24) is 34.6 Å². The number of carbonyl (C=O) groups excluding carboxylic acids is 2. The van der Waals surface area contributed by atoms with Crippen LogP contribution in [0.15, 0.2) is 48.8 Å². The van der Waals surface area contributed by atoms with Crippen molar-refractivity contribution in [2.45, 2.75) is 38.5 Å². The minimum Gasteiger partial charge on any atom is -0.455 e. The first-order valence-electron chi connectivity index (χ1n) is 16.6. The summed E-state index contributed by atoms with van der Waals surface area (Å²) in [5.74, 6) is 0.587. The number of piperazine rings is 1. The van der Waals surface area contributed by atoms with Crippen molar-refractivity contribution in [2.24, 2.45) is 0 Å². The molecule has 0 saturated carbocycles. The Bertz CT molecular complexity index is 1860. The maximum absolute atomic E-state index is 14.2. The van der Waals surface area contributed by atoms with Crippen LogP contribution in [0.3, 0.4) is 0 Å². The van der Waals surface area contributed by atoms with E-state index >= 15 is 0 Å². The standard InChI is InChI=1S/C35H40F4N8O3/c1-4-22-20-47(34(49)42-25-6-5-23(28(16-25)35(37,38)39)19-46-13-11-45(10-8-36)12-14-46)21-24-15-26(18-41-31(22)24)50-30-7-9-40-32-27(30)17-29(43-32)33(48)44(2)3/h5-7,9,15-18,22H,4,8,10-14,19-21H2,1-3H3,(H,40,43)(H,42,49)/t22-/m0/s1. The number of H-pyrrole nitrogens is 1. The van der Waals surface area contributed by atoms with E-state index in [1.54, 1.807) is 43.5 Å². The van der Waals surface area contributed by atoms with Crippen LogP contribution < -0.4 is 10.1 Å². The summed E-state index contributed by atoms with van der Waals surface area (Å²) in [5, 5.41) is 3.30. The molecule has 1 fully saturated rings. The van der Waals surface area contributed by atoms with Crippen LogP contribution in [0.5, 0.6) is 11.5 Å². The summed E-state index contributed by atoms with van der Waals surface area (Å²) in [5.41, 5.74) is 1.82. The second kappa shape index (κ2) is 14.6. The zero-order chi connectivity index (χ0) is 35.6. The summed E-state index contributed by atoms with van der Waals surface area (Å²) < 4.78 is 61.5. The molecule has 4 aromatic rings. The number of alkyl halides is 4. The molecule has 2 aliphatic rings. The van der Waals surface area contributed by atoms with Gasteiger partial charge in [0.15, 0.2) is 0 Å². The molecule has 0 bridgehead atoms. The molecule has 2 aliphatic heterocycles. The quantitative estimate of drug-likeness (QED) is 0.204. The van der Waals surface area contributed by atoms with Crippen molar-refractivity contribution in [3.63, 3.8) is 0 Å². The smallest absolute Gasteiger partial charge is 0.416 e. The van der Waals surface area contributed by atoms with Crippen molar-refractivity contribution < 1.29 is 31.9 Å². The molecule has 2 N–H and O–H groups in total. The Kier molecular flexibility index (Phi) is 10.3. The first-order chi connectivity index (χ1) is 23.9. The van der Waals surface area contributed by atoms with Gasteiger partial charge in [0.2, 0.25) is 0 Å². The number of rotatable bonds is 9. The van der Waals surface area contributed by atoms with E-state index in [4.69, 9.17) is 4.74 Å². The summed E-state index contributed by atoms with van der Waals surface area (Å²) in [6, 6.07) is 8.56. The fraction of sp³-hybridized carbons (Fsp3) is 0.429. The van der Waals surface area contributed by atoms with Crippen molar-refractivity contribution in [1.29, 1.82) is 0 Å². The number of hydrogen-bond acceptors (Lipinski definition) is 7. The highest BCUT2D eigenvalue weighted by atomic mass is 19.4. The van der Waals surface area contributed by atoms with Gasteiger partial charge in [-0.2, -0.15) is 13.2 Å². The summed E-state index contributed by atoms with van der Waals surface area (Å²) >= 11 is 0. The minimum absolute atomic E-state index is 0.0493. The number of amides is 3. The molecule has 0 radical (unpaired) electrons. The Balaban J connectivity index is 1.17. The monoisotopic (exact) mass is 696 g/mol. The number of carbonyl (C=O) groups is 2. The van der Waals surface area contributed by atoms with Crippen molar-refractivity contribution in [3.05, 3.63) is 76.9 Å². The van der Waals surface area contributed by atoms with Crippen LogP contribution in [0.2, 0.25) is 0 Å². The van der Waals surface area contributed by atoms with Crippen LogP contribution in [0, 0.1) is 0 Å². The summed E-state index contributed by atoms with van der Waals surface area (Å²) in [6.07, 6.45) is -0.741. The van der Waals surface area contributed by atoms with Gasteiger partial charge in [0.05, 0.1) is 22.8 Å². The summed E-state index contributed by atoms with van der Waals surface area (Å²) in [6.45, 7) is 4.78. The predicted molar refractivity (Wildman–Crippen MR) is 180 cm³/mol. The number of halogens is 4. The van der Waals surface area contributed by atoms with Crippen molar-refractivity contribution in [2.75, 3.05) is 65.4 Å². The molecule has 266 valence electrons. The molecule has 0 aliphatic carbocycles. The van der Waals surface area contributed by atoms with Gasteiger partial charge in [0.25, 0.3) is 5.91 Å². The highest BCUT2D eigenvalue weighted by Crippen LogP contribution is 2.37. The third kappa shape index (κ3) is 7.68. The largest absolute Gasteiger partial charge is 0.455 e. The molecule has 15 heteroatoms. The Morgan fingerprint density at radius 2 is 1.82 bits per heavy atom. The van der Waals surface area contributed by atoms with Gasteiger partial charge in [-0.15, -0.1) is 0 Å². The van der Waals surface area contributed by atoms with Gasteiger partial charge in [-0.3, -0.25) is 19.6 Å². The molecule has 1 atom stereocenters. The second-order valence-electron chi connectivity index (χ2n) is 12.9. The number of nitrogens with one attached hydrogen (secondary N) is 2. The predicted octanol–water partition coefficient (Wildman–Crippen LogP) is 6.10. The van der Waals surface area contributed by atoms with Crippen molar-refractivity contribution >= 4 is 28.7 Å². The van der Waals surface area contributed by atoms with Gasteiger partial charge in [-0.1, -0.05) is 13.0 Å². The van der Waals surface area contributed by atoms with E-state index in [1.165, 1.54) is 17.0 Å². The lowest BCUT2D eigenvalue weighted by atomic mass is 9.92. The highest BCUT2D eigenvalue weighted by Gasteiger charge is 2.35. The van der Waals surface area contributed by atoms with Gasteiger partial charge < -0.3 is 24.8 Å². The number of aromatic amines is 1. The molecule has 3 aromatic heterocycles. The summed E-state index contributed by atoms with van der Waals surface area (Å²) in [7, 11) is 3.31. The normalized spacial score (nSPS) is 17.1. The van der Waals surface area contributed by atoms with Gasteiger partial charge in [0.1, 0.15) is 29.5 Å². The lowest BCUT2D eigenvalue weighted by Crippen LogP contribution is -2.46. The molecule has 1 aromatic carbocycles. The third-order valence-corrected chi connectivity index (χ3v) is 9.23. The minimum atomic E-state index is -4.62. The average Bonchev–Trinajstić information content (AvgIpc) is 3.54. The number of hydrogen-bond donors (Lipinski definition) is 2. The van der Waals surface area contributed by atoms with Crippen LogP contribution in [0.1, 0.15) is 52.1 Å². The number of ether oxygens (including phenoxy) is 1. The number of aromatic nitrogens is 3. The van der Waals surface area contributed by atoms with Crippen LogP contribution in [-0.2, 0) is 19.3 Å². The van der Waals surface area contributed by atoms with Crippen LogP contribution in [-0.4, -0.2) is 107 Å². The SMILES string of the molecule is CC[C@H]1CN(C(=O)Nc2ccc(CN3CCN(CCF)CC3)c(C(F)(F)F)c2)Cc2cc(Oc3ccnc4[nH]c(C(=O)N(C)C)cc34)cnc21. The first-order valence-corrected chi connectivity index (χ1v) is 16.6. The van der Waals surface area contributed by atoms with Crippen molar-refractivity contribution in [3.8, 4) is 11.5 Å². The second-order valence-corrected chi connectivity index (χ2v) is 12.9. The van der Waals surface area contributed by atoms with Gasteiger partial charge in [0, 0.05) is 84.3 Å². The topological polar surface area (TPSA) is 110 Å². The van der Waals surface area contributed by atoms with E-state index in [9.17, 15) is 27.2 Å². The first kappa shape index (κ1) is 35.1. The molecule has 5 heterocycles. The molecule has 1 saturated heterocycles. The number of pyridine rings is 2. The van der Waals surface area contributed by atoms with E-state index in [0.29, 0.717) is 73.9 Å². The molecule has 3 amide bonds. The molecule has 0 unspecified atom stereocenters. The molecule has 11 nitrogen and oxygen atoms in total. The average molecular weight is 697 g/mol. The van der Waals surface area contributed by atoms with Gasteiger partial charge in [-0.25, -0.2) is 14.2 Å². The number of anilines is 1. The number of urea groups is 1. The molecule has 50 heavy (non-hydrogen) atoms. The third-order valence-electron chi connectivity index (χ3n) is 9.23. The number of benzene rings is 1.